The topological polar surface area (TPSA) is 77.9 Å². The van der Waals surface area contributed by atoms with Gasteiger partial charge in [-0.25, -0.2) is 17.8 Å². The third-order valence-corrected chi connectivity index (χ3v) is 9.86. The molecule has 3 atom stereocenters. The lowest BCUT2D eigenvalue weighted by Crippen LogP contribution is -2.50. The summed E-state index contributed by atoms with van der Waals surface area (Å²) in [7, 11) is 0.284. The van der Waals surface area contributed by atoms with Crippen molar-refractivity contribution in [3.8, 4) is 0 Å². The fourth-order valence-electron chi connectivity index (χ4n) is 5.89. The predicted octanol–water partition coefficient (Wildman–Crippen LogP) is 7.60. The van der Waals surface area contributed by atoms with Gasteiger partial charge in [-0.2, -0.15) is 26.3 Å². The van der Waals surface area contributed by atoms with E-state index in [1.54, 1.807) is 23.3 Å². The molecule has 0 spiro atoms. The van der Waals surface area contributed by atoms with Crippen molar-refractivity contribution in [1.82, 2.24) is 9.80 Å². The molecule has 250 valence electrons. The first kappa shape index (κ1) is 36.6. The lowest BCUT2D eigenvalue weighted by molar-refractivity contribution is -0.348. The second-order valence-corrected chi connectivity index (χ2v) is 14.0. The molecule has 3 unspecified atom stereocenters. The summed E-state index contributed by atoms with van der Waals surface area (Å²) in [6.45, 7) is 1.63. The molecule has 1 N–H and O–H groups in total. The first-order chi connectivity index (χ1) is 21.0. The van der Waals surface area contributed by atoms with Gasteiger partial charge in [0.1, 0.15) is 5.82 Å². The monoisotopic (exact) mass is 688 g/mol. The molecule has 5 rings (SSSR count). The number of rotatable bonds is 3. The number of alkyl halides is 7. The molecule has 2 aromatic rings. The third-order valence-electron chi connectivity index (χ3n) is 7.88. The molecular weight excluding hydrogens is 656 g/mol. The number of piperidine rings is 1. The van der Waals surface area contributed by atoms with Crippen LogP contribution in [0.5, 0.6) is 0 Å². The van der Waals surface area contributed by atoms with Gasteiger partial charge in [0.25, 0.3) is 6.47 Å². The van der Waals surface area contributed by atoms with Crippen LogP contribution in [-0.4, -0.2) is 75.9 Å². The first-order valence-corrected chi connectivity index (χ1v) is 16.8. The molecule has 0 aromatic heterocycles. The summed E-state index contributed by atoms with van der Waals surface area (Å²) in [6.07, 6.45) is -6.48. The Balaban J connectivity index is 0.000000329. The van der Waals surface area contributed by atoms with Crippen LogP contribution in [0.25, 0.3) is 0 Å². The molecule has 2 fully saturated rings. The number of likely N-dealkylation sites (tertiary alicyclic amines) is 2. The van der Waals surface area contributed by atoms with E-state index in [4.69, 9.17) is 9.90 Å². The van der Waals surface area contributed by atoms with E-state index in [1.807, 2.05) is 4.90 Å². The summed E-state index contributed by atoms with van der Waals surface area (Å²) in [4.78, 5) is 25.7. The minimum atomic E-state index is -6.12. The lowest BCUT2D eigenvalue weighted by Gasteiger charge is -2.38. The summed E-state index contributed by atoms with van der Waals surface area (Å²) in [6, 6.07) is 8.23. The average molecular weight is 689 g/mol. The molecular formula is C29H32F8N2O4S2. The summed E-state index contributed by atoms with van der Waals surface area (Å²) in [5, 5.41) is 6.89. The molecule has 1 aliphatic carbocycles. The quantitative estimate of drug-likeness (QED) is 0.204. The van der Waals surface area contributed by atoms with Gasteiger partial charge < -0.3 is 14.9 Å². The van der Waals surface area contributed by atoms with Crippen LogP contribution in [0.2, 0.25) is 0 Å². The number of hydrogen-bond acceptors (Lipinski definition) is 4. The number of amides is 2. The van der Waals surface area contributed by atoms with Gasteiger partial charge >= 0.3 is 24.1 Å². The molecule has 0 radical (unpaired) electrons. The lowest BCUT2D eigenvalue weighted by atomic mass is 9.77. The number of benzene rings is 2. The number of aryl methyl sites for hydroxylation is 1. The van der Waals surface area contributed by atoms with Gasteiger partial charge in [0.15, 0.2) is 0 Å². The number of halogens is 8. The van der Waals surface area contributed by atoms with E-state index in [1.165, 1.54) is 29.0 Å². The second-order valence-electron chi connectivity index (χ2n) is 10.6. The zero-order chi connectivity index (χ0) is 33.6. The van der Waals surface area contributed by atoms with E-state index in [9.17, 15) is 44.1 Å². The zero-order valence-electron chi connectivity index (χ0n) is 24.0. The van der Waals surface area contributed by atoms with Gasteiger partial charge in [-0.05, 0) is 84.7 Å². The van der Waals surface area contributed by atoms with Crippen molar-refractivity contribution in [1.29, 1.82) is 0 Å². The first-order valence-electron chi connectivity index (χ1n) is 13.9. The Labute approximate surface area is 261 Å². The predicted molar refractivity (Wildman–Crippen MR) is 153 cm³/mol. The third kappa shape index (κ3) is 8.48. The largest absolute Gasteiger partial charge is 0.483 e. The van der Waals surface area contributed by atoms with Crippen molar-refractivity contribution in [2.45, 2.75) is 73.4 Å². The Morgan fingerprint density at radius 3 is 2.04 bits per heavy atom. The summed E-state index contributed by atoms with van der Waals surface area (Å²) < 4.78 is 116. The summed E-state index contributed by atoms with van der Waals surface area (Å²) >= 11 is 0. The van der Waals surface area contributed by atoms with Gasteiger partial charge in [0.05, 0.1) is 9.83 Å². The maximum atomic E-state index is 14.4. The molecule has 0 bridgehead atoms. The SMILES string of the molecule is CS(=O)Sc1ccc(F)cc1.O=C(N1CCCCC1)N1CCC2c3ccc(C(F)(C(F)(F)F)C(F)(F)F)cc3CCC21.O=CO. The Hall–Kier alpha value is -2.88. The minimum Gasteiger partial charge on any atom is -0.483 e. The van der Waals surface area contributed by atoms with Crippen molar-refractivity contribution in [2.24, 2.45) is 0 Å². The van der Waals surface area contributed by atoms with Crippen molar-refractivity contribution >= 4 is 33.1 Å². The number of hydrogen-bond donors (Lipinski definition) is 1. The number of carbonyl (C=O) groups is 2. The number of carboxylic acid groups (broad SMARTS) is 1. The van der Waals surface area contributed by atoms with Crippen LogP contribution in [0.15, 0.2) is 47.4 Å². The van der Waals surface area contributed by atoms with Crippen LogP contribution in [0.3, 0.4) is 0 Å². The summed E-state index contributed by atoms with van der Waals surface area (Å²) in [5.74, 6) is -0.437. The molecule has 6 nitrogen and oxygen atoms in total. The molecule has 2 aromatic carbocycles. The van der Waals surface area contributed by atoms with Crippen LogP contribution >= 0.6 is 10.8 Å². The van der Waals surface area contributed by atoms with Crippen LogP contribution < -0.4 is 0 Å². The number of carbonyl (C=O) groups excluding carboxylic acids is 1. The molecule has 2 aliphatic heterocycles. The van der Waals surface area contributed by atoms with Gasteiger partial charge in [-0.15, -0.1) is 0 Å². The molecule has 2 amide bonds. The molecule has 45 heavy (non-hydrogen) atoms. The van der Waals surface area contributed by atoms with E-state index >= 15 is 0 Å². The molecule has 2 heterocycles. The Morgan fingerprint density at radius 1 is 0.933 bits per heavy atom. The molecule has 3 aliphatic rings. The van der Waals surface area contributed by atoms with Crippen LogP contribution in [-0.2, 0) is 26.7 Å². The smallest absolute Gasteiger partial charge is 0.435 e. The highest BCUT2D eigenvalue weighted by Crippen LogP contribution is 2.54. The highest BCUT2D eigenvalue weighted by Gasteiger charge is 2.73. The van der Waals surface area contributed by atoms with Crippen molar-refractivity contribution in [3.05, 3.63) is 65.0 Å². The molecule has 16 heteroatoms. The van der Waals surface area contributed by atoms with Gasteiger partial charge in [0.2, 0.25) is 0 Å². The van der Waals surface area contributed by atoms with E-state index in [2.05, 4.69) is 0 Å². The minimum absolute atomic E-state index is 0.0517. The van der Waals surface area contributed by atoms with Gasteiger partial charge in [-0.3, -0.25) is 4.79 Å². The Morgan fingerprint density at radius 2 is 1.51 bits per heavy atom. The summed E-state index contributed by atoms with van der Waals surface area (Å²) in [5.41, 5.74) is -5.95. The Bertz CT molecular complexity index is 1320. The van der Waals surface area contributed by atoms with Crippen molar-refractivity contribution in [3.63, 3.8) is 0 Å². The maximum absolute atomic E-state index is 14.4. The zero-order valence-corrected chi connectivity index (χ0v) is 25.7. The van der Waals surface area contributed by atoms with Crippen LogP contribution in [0, 0.1) is 5.82 Å². The average Bonchev–Trinajstić information content (AvgIpc) is 3.42. The van der Waals surface area contributed by atoms with E-state index in [0.29, 0.717) is 55.7 Å². The standard InChI is InChI=1S/C21H23F7N2O.C7H7FOS2.CH2O2/c22-19(20(23,24)25,21(26,27)28)14-5-6-15-13(12-14)4-7-17-16(15)8-11-30(17)18(31)29-9-2-1-3-10-29;1-11(9)10-7-4-2-6(8)3-5-7;2-1-3/h5-6,12,16-17H,1-4,7-11H2;2-5H,1H3;1H,(H,2,3). The van der Waals surface area contributed by atoms with Crippen LogP contribution in [0.4, 0.5) is 39.9 Å². The normalized spacial score (nSPS) is 20.5. The van der Waals surface area contributed by atoms with Crippen LogP contribution in [0.1, 0.15) is 54.7 Å². The van der Waals surface area contributed by atoms with E-state index < -0.39 is 33.4 Å². The van der Waals surface area contributed by atoms with E-state index in [-0.39, 0.29) is 36.7 Å². The number of fused-ring (bicyclic) bond motifs is 3. The van der Waals surface area contributed by atoms with E-state index in [0.717, 1.165) is 24.2 Å². The molecule has 0 saturated carbocycles. The fraction of sp³-hybridized carbons (Fsp3) is 0.517. The maximum Gasteiger partial charge on any atom is 0.435 e. The van der Waals surface area contributed by atoms with Crippen molar-refractivity contribution in [2.75, 3.05) is 25.9 Å². The van der Waals surface area contributed by atoms with Crippen molar-refractivity contribution < 1.29 is 54.0 Å². The van der Waals surface area contributed by atoms with Gasteiger partial charge in [-0.1, -0.05) is 18.2 Å². The van der Waals surface area contributed by atoms with Gasteiger partial charge in [0, 0.05) is 48.3 Å². The Kier molecular flexibility index (Phi) is 12.3. The molecule has 2 saturated heterocycles. The number of nitrogens with zero attached hydrogens (tertiary/aromatic N) is 2. The fourth-order valence-corrected chi connectivity index (χ4v) is 7.56. The second kappa shape index (κ2) is 15.1. The highest BCUT2D eigenvalue weighted by molar-refractivity contribution is 8.68. The number of urea groups is 1. The highest BCUT2D eigenvalue weighted by atomic mass is 33.1.